The van der Waals surface area contributed by atoms with Crippen LogP contribution in [0.5, 0.6) is 0 Å². The monoisotopic (exact) mass is 301 g/mol. The second-order valence-electron chi connectivity index (χ2n) is 5.46. The zero-order valence-corrected chi connectivity index (χ0v) is 12.7. The van der Waals surface area contributed by atoms with E-state index in [1.165, 1.54) is 0 Å². The average Bonchev–Trinajstić information content (AvgIpc) is 2.76. The zero-order chi connectivity index (χ0) is 15.1. The number of aliphatic hydroxyl groups excluding tert-OH is 1. The molecule has 0 aromatic heterocycles. The summed E-state index contributed by atoms with van der Waals surface area (Å²) in [6.45, 7) is 3.94. The van der Waals surface area contributed by atoms with E-state index in [4.69, 9.17) is 11.6 Å². The number of aryl methyl sites for hydroxylation is 2. The van der Waals surface area contributed by atoms with E-state index in [2.05, 4.69) is 5.32 Å². The van der Waals surface area contributed by atoms with Crippen molar-refractivity contribution in [3.05, 3.63) is 63.2 Å². The Hall–Kier alpha value is -1.84. The highest BCUT2D eigenvalue weighted by Gasteiger charge is 2.24. The quantitative estimate of drug-likeness (QED) is 0.891. The normalized spacial score (nSPS) is 14.8. The Bertz CT molecular complexity index is 720. The van der Waals surface area contributed by atoms with Gasteiger partial charge in [-0.05, 0) is 48.2 Å². The van der Waals surface area contributed by atoms with Gasteiger partial charge in [0.05, 0.1) is 6.42 Å². The Balaban J connectivity index is 2.09. The van der Waals surface area contributed by atoms with E-state index in [0.717, 1.165) is 27.9 Å². The minimum absolute atomic E-state index is 0.0419. The smallest absolute Gasteiger partial charge is 0.228 e. The SMILES string of the molecule is Cc1cccc(C)c1C(O)c1cc2c(cc1Cl)NC(=O)C2. The van der Waals surface area contributed by atoms with Crippen LogP contribution in [0.25, 0.3) is 0 Å². The van der Waals surface area contributed by atoms with Gasteiger partial charge in [-0.1, -0.05) is 29.8 Å². The van der Waals surface area contributed by atoms with Crippen LogP contribution in [-0.4, -0.2) is 11.0 Å². The molecule has 0 bridgehead atoms. The van der Waals surface area contributed by atoms with Crippen molar-refractivity contribution >= 4 is 23.2 Å². The average molecular weight is 302 g/mol. The number of hydrogen-bond donors (Lipinski definition) is 2. The molecular formula is C17H16ClNO2. The highest BCUT2D eigenvalue weighted by molar-refractivity contribution is 6.32. The lowest BCUT2D eigenvalue weighted by Crippen LogP contribution is -2.06. The van der Waals surface area contributed by atoms with Crippen LogP contribution < -0.4 is 5.32 Å². The lowest BCUT2D eigenvalue weighted by Gasteiger charge is -2.19. The number of fused-ring (bicyclic) bond motifs is 1. The molecule has 0 saturated carbocycles. The van der Waals surface area contributed by atoms with E-state index in [1.807, 2.05) is 38.1 Å². The van der Waals surface area contributed by atoms with E-state index < -0.39 is 6.10 Å². The molecule has 1 aliphatic rings. The second-order valence-corrected chi connectivity index (χ2v) is 5.87. The molecule has 1 unspecified atom stereocenters. The van der Waals surface area contributed by atoms with Crippen molar-refractivity contribution in [1.82, 2.24) is 0 Å². The van der Waals surface area contributed by atoms with Crippen LogP contribution in [0.15, 0.2) is 30.3 Å². The van der Waals surface area contributed by atoms with Gasteiger partial charge in [0.15, 0.2) is 0 Å². The number of carbonyl (C=O) groups excluding carboxylic acids is 1. The van der Waals surface area contributed by atoms with Crippen LogP contribution in [0.2, 0.25) is 5.02 Å². The van der Waals surface area contributed by atoms with Gasteiger partial charge in [0, 0.05) is 16.3 Å². The van der Waals surface area contributed by atoms with Crippen LogP contribution in [0.1, 0.15) is 33.9 Å². The predicted octanol–water partition coefficient (Wildman–Crippen LogP) is 3.53. The van der Waals surface area contributed by atoms with Crippen molar-refractivity contribution in [2.75, 3.05) is 5.32 Å². The molecule has 0 spiro atoms. The van der Waals surface area contributed by atoms with Gasteiger partial charge < -0.3 is 10.4 Å². The third kappa shape index (κ3) is 2.43. The summed E-state index contributed by atoms with van der Waals surface area (Å²) in [5.74, 6) is -0.0419. The van der Waals surface area contributed by atoms with Gasteiger partial charge in [0.1, 0.15) is 6.10 Å². The zero-order valence-electron chi connectivity index (χ0n) is 11.9. The maximum absolute atomic E-state index is 11.5. The minimum atomic E-state index is -0.792. The molecule has 0 radical (unpaired) electrons. The Kier molecular flexibility index (Phi) is 3.47. The third-order valence-corrected chi connectivity index (χ3v) is 4.29. The standard InChI is InChI=1S/C17H16ClNO2/c1-9-4-3-5-10(2)16(9)17(21)12-6-11-7-15(20)19-14(11)8-13(12)18/h3-6,8,17,21H,7H2,1-2H3,(H,19,20). The van der Waals surface area contributed by atoms with Gasteiger partial charge in [-0.3, -0.25) is 4.79 Å². The van der Waals surface area contributed by atoms with Crippen molar-refractivity contribution < 1.29 is 9.90 Å². The first-order valence-electron chi connectivity index (χ1n) is 6.83. The summed E-state index contributed by atoms with van der Waals surface area (Å²) in [6.07, 6.45) is -0.460. The summed E-state index contributed by atoms with van der Waals surface area (Å²) in [6, 6.07) is 9.45. The summed E-state index contributed by atoms with van der Waals surface area (Å²) in [5.41, 5.74) is 5.18. The van der Waals surface area contributed by atoms with Gasteiger partial charge in [0.25, 0.3) is 0 Å². The molecule has 2 aromatic carbocycles. The molecule has 2 N–H and O–H groups in total. The van der Waals surface area contributed by atoms with Crippen molar-refractivity contribution in [2.45, 2.75) is 26.4 Å². The molecule has 3 nitrogen and oxygen atoms in total. The maximum Gasteiger partial charge on any atom is 0.228 e. The van der Waals surface area contributed by atoms with Gasteiger partial charge in [-0.15, -0.1) is 0 Å². The van der Waals surface area contributed by atoms with E-state index in [-0.39, 0.29) is 5.91 Å². The summed E-state index contributed by atoms with van der Waals surface area (Å²) >= 11 is 6.29. The van der Waals surface area contributed by atoms with Gasteiger partial charge in [0.2, 0.25) is 5.91 Å². The molecule has 1 aliphatic heterocycles. The molecule has 1 amide bonds. The summed E-state index contributed by atoms with van der Waals surface area (Å²) < 4.78 is 0. The van der Waals surface area contributed by atoms with Gasteiger partial charge >= 0.3 is 0 Å². The first-order chi connectivity index (χ1) is 9.97. The number of anilines is 1. The van der Waals surface area contributed by atoms with Crippen LogP contribution in [-0.2, 0) is 11.2 Å². The topological polar surface area (TPSA) is 49.3 Å². The molecule has 0 aliphatic carbocycles. The molecule has 1 heterocycles. The molecule has 4 heteroatoms. The first-order valence-corrected chi connectivity index (χ1v) is 7.21. The fraction of sp³-hybridized carbons (Fsp3) is 0.235. The van der Waals surface area contributed by atoms with Crippen molar-refractivity contribution in [3.8, 4) is 0 Å². The number of rotatable bonds is 2. The largest absolute Gasteiger partial charge is 0.384 e. The van der Waals surface area contributed by atoms with Crippen molar-refractivity contribution in [2.24, 2.45) is 0 Å². The van der Waals surface area contributed by atoms with Crippen molar-refractivity contribution in [3.63, 3.8) is 0 Å². The fourth-order valence-corrected chi connectivity index (χ4v) is 3.16. The molecule has 21 heavy (non-hydrogen) atoms. The van der Waals surface area contributed by atoms with Crippen LogP contribution >= 0.6 is 11.6 Å². The van der Waals surface area contributed by atoms with Gasteiger partial charge in [-0.25, -0.2) is 0 Å². The summed E-state index contributed by atoms with van der Waals surface area (Å²) in [5, 5.41) is 14.0. The molecule has 1 atom stereocenters. The summed E-state index contributed by atoms with van der Waals surface area (Å²) in [7, 11) is 0. The van der Waals surface area contributed by atoms with E-state index in [9.17, 15) is 9.90 Å². The number of halogens is 1. The Morgan fingerprint density at radius 3 is 2.57 bits per heavy atom. The van der Waals surface area contributed by atoms with E-state index >= 15 is 0 Å². The fourth-order valence-electron chi connectivity index (χ4n) is 2.89. The summed E-state index contributed by atoms with van der Waals surface area (Å²) in [4.78, 5) is 11.5. The predicted molar refractivity (Wildman–Crippen MR) is 83.8 cm³/mol. The molecule has 3 rings (SSSR count). The Labute approximate surface area is 128 Å². The minimum Gasteiger partial charge on any atom is -0.384 e. The molecule has 108 valence electrons. The lowest BCUT2D eigenvalue weighted by atomic mass is 9.92. The third-order valence-electron chi connectivity index (χ3n) is 3.96. The number of hydrogen-bond acceptors (Lipinski definition) is 2. The second kappa shape index (κ2) is 5.17. The van der Waals surface area contributed by atoms with E-state index in [1.54, 1.807) is 6.07 Å². The Morgan fingerprint density at radius 1 is 1.24 bits per heavy atom. The molecule has 0 fully saturated rings. The van der Waals surface area contributed by atoms with Gasteiger partial charge in [-0.2, -0.15) is 0 Å². The van der Waals surface area contributed by atoms with Crippen molar-refractivity contribution in [1.29, 1.82) is 0 Å². The number of carbonyl (C=O) groups is 1. The highest BCUT2D eigenvalue weighted by atomic mass is 35.5. The number of nitrogens with one attached hydrogen (secondary N) is 1. The number of amides is 1. The molecule has 0 saturated heterocycles. The van der Waals surface area contributed by atoms with E-state index in [0.29, 0.717) is 17.0 Å². The molecular weight excluding hydrogens is 286 g/mol. The number of benzene rings is 2. The lowest BCUT2D eigenvalue weighted by molar-refractivity contribution is -0.115. The first kappa shape index (κ1) is 14.1. The van der Waals surface area contributed by atoms with Crippen LogP contribution in [0, 0.1) is 13.8 Å². The van der Waals surface area contributed by atoms with Crippen LogP contribution in [0.4, 0.5) is 5.69 Å². The maximum atomic E-state index is 11.5. The van der Waals surface area contributed by atoms with Crippen LogP contribution in [0.3, 0.4) is 0 Å². The molecule has 2 aromatic rings. The number of aliphatic hydroxyl groups is 1. The Morgan fingerprint density at radius 2 is 1.90 bits per heavy atom. The highest BCUT2D eigenvalue weighted by Crippen LogP contribution is 2.36.